The molecule has 4 amide bonds. The van der Waals surface area contributed by atoms with Gasteiger partial charge in [-0.15, -0.1) is 0 Å². The van der Waals surface area contributed by atoms with E-state index in [1.54, 1.807) is 18.2 Å². The molecule has 0 unspecified atom stereocenters. The first-order valence-corrected chi connectivity index (χ1v) is 10.2. The first-order chi connectivity index (χ1) is 14.5. The molecule has 6 nitrogen and oxygen atoms in total. The summed E-state index contributed by atoms with van der Waals surface area (Å²) in [7, 11) is 0. The quantitative estimate of drug-likeness (QED) is 0.458. The van der Waals surface area contributed by atoms with E-state index in [4.69, 9.17) is 0 Å². The van der Waals surface area contributed by atoms with Gasteiger partial charge < -0.3 is 4.57 Å². The lowest BCUT2D eigenvalue weighted by Crippen LogP contribution is -2.54. The van der Waals surface area contributed by atoms with Gasteiger partial charge in [-0.2, -0.15) is 0 Å². The molecule has 0 spiro atoms. The number of nitrogens with zero attached hydrogens (tertiary/aromatic N) is 2. The normalized spacial score (nSPS) is 15.6. The SMILES string of the molecule is CCc1ccc(N2C(=O)NC(=O)/C(=C\c3cccn3-c3cccc(Br)c3)C2=O)cc1. The number of aromatic nitrogens is 1. The van der Waals surface area contributed by atoms with Crippen molar-refractivity contribution in [3.63, 3.8) is 0 Å². The monoisotopic (exact) mass is 463 g/mol. The second-order valence-electron chi connectivity index (χ2n) is 6.76. The Morgan fingerprint density at radius 2 is 1.73 bits per heavy atom. The lowest BCUT2D eigenvalue weighted by Gasteiger charge is -2.26. The van der Waals surface area contributed by atoms with Crippen LogP contribution in [0.5, 0.6) is 0 Å². The third-order valence-electron chi connectivity index (χ3n) is 4.86. The van der Waals surface area contributed by atoms with Crippen LogP contribution < -0.4 is 10.2 Å². The van der Waals surface area contributed by atoms with Crippen molar-refractivity contribution in [2.45, 2.75) is 13.3 Å². The number of anilines is 1. The molecule has 1 aliphatic rings. The van der Waals surface area contributed by atoms with Gasteiger partial charge in [0.15, 0.2) is 0 Å². The van der Waals surface area contributed by atoms with E-state index in [0.717, 1.165) is 27.0 Å². The van der Waals surface area contributed by atoms with Gasteiger partial charge in [0.05, 0.1) is 5.69 Å². The summed E-state index contributed by atoms with van der Waals surface area (Å²) in [6.45, 7) is 2.02. The Labute approximate surface area is 181 Å². The predicted octanol–water partition coefficient (Wildman–Crippen LogP) is 4.47. The van der Waals surface area contributed by atoms with Crippen molar-refractivity contribution in [1.29, 1.82) is 0 Å². The van der Waals surface area contributed by atoms with E-state index in [-0.39, 0.29) is 5.57 Å². The van der Waals surface area contributed by atoms with Crippen molar-refractivity contribution in [2.75, 3.05) is 4.90 Å². The van der Waals surface area contributed by atoms with Crippen LogP contribution >= 0.6 is 15.9 Å². The molecule has 150 valence electrons. The van der Waals surface area contributed by atoms with E-state index in [2.05, 4.69) is 21.2 Å². The van der Waals surface area contributed by atoms with Crippen LogP contribution in [-0.2, 0) is 16.0 Å². The molecule has 1 aliphatic heterocycles. The first kappa shape index (κ1) is 19.8. The Balaban J connectivity index is 1.73. The number of carbonyl (C=O) groups is 3. The number of nitrogens with one attached hydrogen (secondary N) is 1. The van der Waals surface area contributed by atoms with Crippen molar-refractivity contribution in [3.8, 4) is 5.69 Å². The maximum Gasteiger partial charge on any atom is 0.335 e. The molecule has 3 aromatic rings. The molecule has 30 heavy (non-hydrogen) atoms. The minimum absolute atomic E-state index is 0.107. The molecule has 0 bridgehead atoms. The van der Waals surface area contributed by atoms with E-state index >= 15 is 0 Å². The lowest BCUT2D eigenvalue weighted by atomic mass is 10.1. The Morgan fingerprint density at radius 3 is 2.43 bits per heavy atom. The molecule has 7 heteroatoms. The minimum Gasteiger partial charge on any atom is -0.317 e. The Kier molecular flexibility index (Phi) is 5.37. The number of rotatable bonds is 4. The third kappa shape index (κ3) is 3.71. The van der Waals surface area contributed by atoms with Crippen LogP contribution in [0.3, 0.4) is 0 Å². The average Bonchev–Trinajstić information content (AvgIpc) is 3.20. The second kappa shape index (κ2) is 8.12. The summed E-state index contributed by atoms with van der Waals surface area (Å²) >= 11 is 3.45. The molecule has 1 aromatic heterocycles. The molecule has 0 radical (unpaired) electrons. The molecule has 0 saturated carbocycles. The Hall–Kier alpha value is -3.45. The zero-order valence-corrected chi connectivity index (χ0v) is 17.7. The predicted molar refractivity (Wildman–Crippen MR) is 118 cm³/mol. The zero-order chi connectivity index (χ0) is 21.3. The number of hydrogen-bond acceptors (Lipinski definition) is 3. The summed E-state index contributed by atoms with van der Waals surface area (Å²) in [6.07, 6.45) is 4.18. The van der Waals surface area contributed by atoms with Gasteiger partial charge in [0.2, 0.25) is 0 Å². The number of benzene rings is 2. The van der Waals surface area contributed by atoms with Gasteiger partial charge in [-0.25, -0.2) is 9.69 Å². The van der Waals surface area contributed by atoms with Crippen molar-refractivity contribution in [1.82, 2.24) is 9.88 Å². The van der Waals surface area contributed by atoms with E-state index < -0.39 is 17.8 Å². The van der Waals surface area contributed by atoms with Crippen LogP contribution in [0.15, 0.2) is 76.9 Å². The summed E-state index contributed by atoms with van der Waals surface area (Å²) in [5.41, 5.74) is 2.90. The fourth-order valence-corrected chi connectivity index (χ4v) is 3.68. The van der Waals surface area contributed by atoms with Crippen molar-refractivity contribution < 1.29 is 14.4 Å². The van der Waals surface area contributed by atoms with Crippen LogP contribution in [0.2, 0.25) is 0 Å². The van der Waals surface area contributed by atoms with Crippen LogP contribution in [0.4, 0.5) is 10.5 Å². The molecule has 1 N–H and O–H groups in total. The van der Waals surface area contributed by atoms with Gasteiger partial charge >= 0.3 is 6.03 Å². The number of barbiturate groups is 1. The van der Waals surface area contributed by atoms with Gasteiger partial charge in [-0.05, 0) is 60.5 Å². The number of hydrogen-bond donors (Lipinski definition) is 1. The van der Waals surface area contributed by atoms with Crippen molar-refractivity contribution in [3.05, 3.63) is 88.2 Å². The highest BCUT2D eigenvalue weighted by molar-refractivity contribution is 9.10. The Morgan fingerprint density at radius 1 is 0.967 bits per heavy atom. The minimum atomic E-state index is -0.756. The number of halogens is 1. The van der Waals surface area contributed by atoms with E-state index in [0.29, 0.717) is 11.4 Å². The molecule has 0 atom stereocenters. The van der Waals surface area contributed by atoms with Gasteiger partial charge in [-0.1, -0.05) is 41.1 Å². The summed E-state index contributed by atoms with van der Waals surface area (Å²) in [5, 5.41) is 2.26. The molecule has 2 aromatic carbocycles. The first-order valence-electron chi connectivity index (χ1n) is 9.41. The van der Waals surface area contributed by atoms with Gasteiger partial charge in [0.1, 0.15) is 5.57 Å². The number of aryl methyl sites for hydroxylation is 1. The van der Waals surface area contributed by atoms with Gasteiger partial charge in [0.25, 0.3) is 11.8 Å². The van der Waals surface area contributed by atoms with Gasteiger partial charge in [-0.3, -0.25) is 14.9 Å². The maximum absolute atomic E-state index is 13.1. The van der Waals surface area contributed by atoms with E-state index in [1.165, 1.54) is 6.08 Å². The Bertz CT molecular complexity index is 1180. The zero-order valence-electron chi connectivity index (χ0n) is 16.1. The number of carbonyl (C=O) groups excluding carboxylic acids is 3. The third-order valence-corrected chi connectivity index (χ3v) is 5.36. The summed E-state index contributed by atoms with van der Waals surface area (Å²) in [6, 6.07) is 17.6. The molecule has 2 heterocycles. The maximum atomic E-state index is 13.1. The number of amides is 4. The number of urea groups is 1. The standard InChI is InChI=1S/C23H18BrN3O3/c1-2-15-8-10-17(11-9-15)27-22(29)20(21(28)25-23(27)30)14-19-7-4-12-26(19)18-6-3-5-16(24)13-18/h3-14H,2H2,1H3,(H,25,28,30)/b20-14+. The molecule has 4 rings (SSSR count). The topological polar surface area (TPSA) is 71.4 Å². The van der Waals surface area contributed by atoms with E-state index in [9.17, 15) is 14.4 Å². The van der Waals surface area contributed by atoms with E-state index in [1.807, 2.05) is 60.2 Å². The van der Waals surface area contributed by atoms with Gasteiger partial charge in [0, 0.05) is 22.1 Å². The fourth-order valence-electron chi connectivity index (χ4n) is 3.29. The summed E-state index contributed by atoms with van der Waals surface area (Å²) in [4.78, 5) is 38.9. The van der Waals surface area contributed by atoms with Crippen LogP contribution in [0, 0.1) is 0 Å². The molecular weight excluding hydrogens is 446 g/mol. The van der Waals surface area contributed by atoms with Crippen LogP contribution in [-0.4, -0.2) is 22.4 Å². The largest absolute Gasteiger partial charge is 0.335 e. The number of imide groups is 2. The van der Waals surface area contributed by atoms with Crippen LogP contribution in [0.25, 0.3) is 11.8 Å². The highest BCUT2D eigenvalue weighted by Crippen LogP contribution is 2.24. The average molecular weight is 464 g/mol. The molecule has 1 saturated heterocycles. The van der Waals surface area contributed by atoms with Crippen molar-refractivity contribution in [2.24, 2.45) is 0 Å². The smallest absolute Gasteiger partial charge is 0.317 e. The fraction of sp³-hybridized carbons (Fsp3) is 0.0870. The molecule has 1 fully saturated rings. The summed E-state index contributed by atoms with van der Waals surface area (Å²) < 4.78 is 2.76. The molecule has 0 aliphatic carbocycles. The molecular formula is C23H18BrN3O3. The summed E-state index contributed by atoms with van der Waals surface area (Å²) in [5.74, 6) is -1.37. The second-order valence-corrected chi connectivity index (χ2v) is 7.68. The lowest BCUT2D eigenvalue weighted by molar-refractivity contribution is -0.122. The highest BCUT2D eigenvalue weighted by Gasteiger charge is 2.37. The highest BCUT2D eigenvalue weighted by atomic mass is 79.9. The van der Waals surface area contributed by atoms with Crippen LogP contribution in [0.1, 0.15) is 18.2 Å². The van der Waals surface area contributed by atoms with Crippen molar-refractivity contribution >= 4 is 45.5 Å².